The molecule has 0 bridgehead atoms. The highest BCUT2D eigenvalue weighted by Crippen LogP contribution is 2.38. The number of hydrogen-bond acceptors (Lipinski definition) is 1. The third-order valence-corrected chi connectivity index (χ3v) is 4.23. The third-order valence-electron chi connectivity index (χ3n) is 4.23. The summed E-state index contributed by atoms with van der Waals surface area (Å²) < 4.78 is 0. The summed E-state index contributed by atoms with van der Waals surface area (Å²) in [6.07, 6.45) is 2.55. The number of carbonyl (C=O) groups is 1. The quantitative estimate of drug-likeness (QED) is 0.790. The summed E-state index contributed by atoms with van der Waals surface area (Å²) >= 11 is 0. The zero-order chi connectivity index (χ0) is 16.0. The molecule has 1 N–H and O–H groups in total. The van der Waals surface area contributed by atoms with E-state index in [0.717, 1.165) is 24.0 Å². The topological polar surface area (TPSA) is 37.3 Å². The Bertz CT molecular complexity index is 548. The fourth-order valence-corrected chi connectivity index (χ4v) is 3.03. The molecule has 0 unspecified atom stereocenters. The van der Waals surface area contributed by atoms with Crippen LogP contribution in [-0.4, -0.2) is 11.1 Å². The molecule has 0 saturated heterocycles. The predicted molar refractivity (Wildman–Crippen MR) is 90.0 cm³/mol. The molecule has 0 amide bonds. The van der Waals surface area contributed by atoms with Crippen molar-refractivity contribution in [1.29, 1.82) is 0 Å². The first-order chi connectivity index (χ1) is 10.6. The van der Waals surface area contributed by atoms with Crippen LogP contribution in [0, 0.1) is 5.92 Å². The van der Waals surface area contributed by atoms with E-state index in [9.17, 15) is 9.90 Å². The summed E-state index contributed by atoms with van der Waals surface area (Å²) in [6.45, 7) is 4.35. The molecule has 2 aromatic carbocycles. The van der Waals surface area contributed by atoms with E-state index in [-0.39, 0.29) is 0 Å². The van der Waals surface area contributed by atoms with Gasteiger partial charge in [-0.2, -0.15) is 0 Å². The van der Waals surface area contributed by atoms with Gasteiger partial charge in [0.25, 0.3) is 0 Å². The molecule has 0 aromatic heterocycles. The van der Waals surface area contributed by atoms with Crippen LogP contribution < -0.4 is 0 Å². The minimum atomic E-state index is -0.961. The van der Waals surface area contributed by atoms with Gasteiger partial charge in [-0.3, -0.25) is 4.79 Å². The standard InChI is InChI=1S/C20H24O2/c1-16(2)10-9-15-20(19(21)22,17-11-5-3-6-12-17)18-13-7-4-8-14-18/h3-8,11-14,16H,9-10,15H2,1-2H3,(H,21,22). The Morgan fingerprint density at radius 1 is 0.955 bits per heavy atom. The number of hydrogen-bond donors (Lipinski definition) is 1. The first-order valence-corrected chi connectivity index (χ1v) is 7.92. The second-order valence-corrected chi connectivity index (χ2v) is 6.23. The van der Waals surface area contributed by atoms with E-state index in [1.165, 1.54) is 0 Å². The van der Waals surface area contributed by atoms with Crippen molar-refractivity contribution in [2.75, 3.05) is 0 Å². The Balaban J connectivity index is 2.48. The van der Waals surface area contributed by atoms with Crippen LogP contribution in [0.15, 0.2) is 60.7 Å². The van der Waals surface area contributed by atoms with Gasteiger partial charge in [-0.05, 0) is 23.5 Å². The van der Waals surface area contributed by atoms with Gasteiger partial charge in [0.2, 0.25) is 0 Å². The lowest BCUT2D eigenvalue weighted by molar-refractivity contribution is -0.142. The number of benzene rings is 2. The van der Waals surface area contributed by atoms with Crippen LogP contribution in [-0.2, 0) is 10.2 Å². The highest BCUT2D eigenvalue weighted by molar-refractivity contribution is 5.86. The lowest BCUT2D eigenvalue weighted by Gasteiger charge is -2.31. The molecule has 0 fully saturated rings. The van der Waals surface area contributed by atoms with Crippen LogP contribution in [0.3, 0.4) is 0 Å². The molecule has 2 heteroatoms. The normalized spacial score (nSPS) is 11.6. The maximum atomic E-state index is 12.3. The van der Waals surface area contributed by atoms with Crippen molar-refractivity contribution >= 4 is 5.97 Å². The molecule has 0 aliphatic heterocycles. The van der Waals surface area contributed by atoms with E-state index in [2.05, 4.69) is 13.8 Å². The highest BCUT2D eigenvalue weighted by Gasteiger charge is 2.41. The molecule has 0 saturated carbocycles. The maximum absolute atomic E-state index is 12.3. The Morgan fingerprint density at radius 3 is 1.77 bits per heavy atom. The van der Waals surface area contributed by atoms with Crippen LogP contribution >= 0.6 is 0 Å². The van der Waals surface area contributed by atoms with Crippen LogP contribution in [0.2, 0.25) is 0 Å². The molecule has 2 aromatic rings. The second-order valence-electron chi connectivity index (χ2n) is 6.23. The Kier molecular flexibility index (Phi) is 5.37. The van der Waals surface area contributed by atoms with E-state index in [1.54, 1.807) is 0 Å². The van der Waals surface area contributed by atoms with Crippen molar-refractivity contribution < 1.29 is 9.90 Å². The van der Waals surface area contributed by atoms with Gasteiger partial charge in [-0.15, -0.1) is 0 Å². The average Bonchev–Trinajstić information content (AvgIpc) is 2.53. The summed E-state index contributed by atoms with van der Waals surface area (Å²) in [5.74, 6) is -0.188. The van der Waals surface area contributed by atoms with Crippen LogP contribution in [0.4, 0.5) is 0 Å². The maximum Gasteiger partial charge on any atom is 0.318 e. The molecular formula is C20H24O2. The molecule has 0 atom stereocenters. The van der Waals surface area contributed by atoms with Crippen molar-refractivity contribution in [3.8, 4) is 0 Å². The largest absolute Gasteiger partial charge is 0.480 e. The monoisotopic (exact) mass is 296 g/mol. The van der Waals surface area contributed by atoms with E-state index in [1.807, 2.05) is 60.7 Å². The summed E-state index contributed by atoms with van der Waals surface area (Å²) in [7, 11) is 0. The van der Waals surface area contributed by atoms with E-state index in [4.69, 9.17) is 0 Å². The molecule has 0 aliphatic rings. The molecule has 0 radical (unpaired) electrons. The zero-order valence-corrected chi connectivity index (χ0v) is 13.3. The molecule has 2 nitrogen and oxygen atoms in total. The third kappa shape index (κ3) is 3.38. The Labute approximate surface area is 132 Å². The number of carboxylic acids is 1. The molecule has 116 valence electrons. The minimum absolute atomic E-state index is 0.582. The van der Waals surface area contributed by atoms with Crippen LogP contribution in [0.5, 0.6) is 0 Å². The van der Waals surface area contributed by atoms with Crippen LogP contribution in [0.25, 0.3) is 0 Å². The van der Waals surface area contributed by atoms with Gasteiger partial charge in [0.05, 0.1) is 0 Å². The summed E-state index contributed by atoms with van der Waals surface area (Å²) in [4.78, 5) is 12.3. The SMILES string of the molecule is CC(C)CCCC(C(=O)O)(c1ccccc1)c1ccccc1. The zero-order valence-electron chi connectivity index (χ0n) is 13.3. The second kappa shape index (κ2) is 7.26. The van der Waals surface area contributed by atoms with Gasteiger partial charge in [0, 0.05) is 0 Å². The molecule has 0 heterocycles. The van der Waals surface area contributed by atoms with Gasteiger partial charge < -0.3 is 5.11 Å². The fourth-order valence-electron chi connectivity index (χ4n) is 3.03. The lowest BCUT2D eigenvalue weighted by Crippen LogP contribution is -2.37. The van der Waals surface area contributed by atoms with Gasteiger partial charge in [0.15, 0.2) is 0 Å². The van der Waals surface area contributed by atoms with Crippen molar-refractivity contribution in [2.45, 2.75) is 38.5 Å². The lowest BCUT2D eigenvalue weighted by atomic mass is 9.71. The molecule has 0 spiro atoms. The summed E-state index contributed by atoms with van der Waals surface area (Å²) in [5.41, 5.74) is 0.757. The van der Waals surface area contributed by atoms with Crippen molar-refractivity contribution in [1.82, 2.24) is 0 Å². The van der Waals surface area contributed by atoms with Crippen molar-refractivity contribution in [3.05, 3.63) is 71.8 Å². The van der Waals surface area contributed by atoms with Crippen molar-refractivity contribution in [3.63, 3.8) is 0 Å². The van der Waals surface area contributed by atoms with Crippen molar-refractivity contribution in [2.24, 2.45) is 5.92 Å². The number of aliphatic carboxylic acids is 1. The van der Waals surface area contributed by atoms with Gasteiger partial charge in [0.1, 0.15) is 5.41 Å². The summed E-state index contributed by atoms with van der Waals surface area (Å²) in [5, 5.41) is 10.1. The molecule has 0 aliphatic carbocycles. The van der Waals surface area contributed by atoms with Crippen LogP contribution in [0.1, 0.15) is 44.2 Å². The Morgan fingerprint density at radius 2 is 1.41 bits per heavy atom. The highest BCUT2D eigenvalue weighted by atomic mass is 16.4. The molecule has 22 heavy (non-hydrogen) atoms. The minimum Gasteiger partial charge on any atom is -0.480 e. The Hall–Kier alpha value is -2.09. The number of carboxylic acid groups (broad SMARTS) is 1. The van der Waals surface area contributed by atoms with E-state index < -0.39 is 11.4 Å². The van der Waals surface area contributed by atoms with Gasteiger partial charge >= 0.3 is 5.97 Å². The number of rotatable bonds is 7. The van der Waals surface area contributed by atoms with E-state index >= 15 is 0 Å². The first-order valence-electron chi connectivity index (χ1n) is 7.92. The smallest absolute Gasteiger partial charge is 0.318 e. The summed E-state index contributed by atoms with van der Waals surface area (Å²) in [6, 6.07) is 19.2. The van der Waals surface area contributed by atoms with E-state index in [0.29, 0.717) is 12.3 Å². The fraction of sp³-hybridized carbons (Fsp3) is 0.350. The average molecular weight is 296 g/mol. The molecular weight excluding hydrogens is 272 g/mol. The predicted octanol–water partition coefficient (Wildman–Crippen LogP) is 4.88. The van der Waals surface area contributed by atoms with Gasteiger partial charge in [-0.1, -0.05) is 87.4 Å². The van der Waals surface area contributed by atoms with Gasteiger partial charge in [-0.25, -0.2) is 0 Å². The molecule has 2 rings (SSSR count). The first kappa shape index (κ1) is 16.3.